The van der Waals surface area contributed by atoms with Gasteiger partial charge in [0.15, 0.2) is 5.65 Å². The number of nitrogens with zero attached hydrogens (tertiary/aromatic N) is 3. The zero-order chi connectivity index (χ0) is 21.4. The Balaban J connectivity index is 0.000000204. The molecule has 3 heterocycles. The molecule has 0 atom stereocenters. The highest BCUT2D eigenvalue weighted by Crippen LogP contribution is 2.42. The molecule has 0 bridgehead atoms. The summed E-state index contributed by atoms with van der Waals surface area (Å²) in [7, 11) is 0. The van der Waals surface area contributed by atoms with Gasteiger partial charge in [-0.2, -0.15) is 14.0 Å². The van der Waals surface area contributed by atoms with Crippen LogP contribution in [-0.2, 0) is 0 Å². The van der Waals surface area contributed by atoms with Crippen LogP contribution in [0, 0.1) is 24.5 Å². The van der Waals surface area contributed by atoms with Crippen molar-refractivity contribution in [2.75, 3.05) is 0 Å². The van der Waals surface area contributed by atoms with Gasteiger partial charge in [0, 0.05) is 17.8 Å². The maximum atomic E-state index is 13.8. The van der Waals surface area contributed by atoms with Crippen molar-refractivity contribution in [2.45, 2.75) is 25.7 Å². The van der Waals surface area contributed by atoms with Crippen molar-refractivity contribution in [2.24, 2.45) is 0 Å². The molecule has 5 rings (SSSR count). The first-order valence-electron chi connectivity index (χ1n) is 9.11. The van der Waals surface area contributed by atoms with E-state index in [0.29, 0.717) is 22.8 Å². The highest BCUT2D eigenvalue weighted by atomic mass is 19.1. The number of hydrogen-bond acceptors (Lipinski definition) is 4. The van der Waals surface area contributed by atoms with Crippen molar-refractivity contribution in [1.29, 1.82) is 0 Å². The van der Waals surface area contributed by atoms with Crippen LogP contribution in [0.25, 0.3) is 16.9 Å². The first-order chi connectivity index (χ1) is 14.3. The van der Waals surface area contributed by atoms with Crippen LogP contribution >= 0.6 is 0 Å². The minimum atomic E-state index is -0.596. The van der Waals surface area contributed by atoms with Gasteiger partial charge in [0.2, 0.25) is 5.95 Å². The number of fused-ring (bicyclic) bond motifs is 1. The smallest absolute Gasteiger partial charge is 0.313 e. The van der Waals surface area contributed by atoms with Crippen LogP contribution in [0.4, 0.5) is 13.2 Å². The quantitative estimate of drug-likeness (QED) is 0.526. The van der Waals surface area contributed by atoms with Gasteiger partial charge < -0.3 is 4.98 Å². The van der Waals surface area contributed by atoms with Gasteiger partial charge in [-0.05, 0) is 49.4 Å². The second kappa shape index (κ2) is 7.62. The third kappa shape index (κ3) is 4.02. The van der Waals surface area contributed by atoms with Crippen molar-refractivity contribution in [1.82, 2.24) is 24.6 Å². The van der Waals surface area contributed by atoms with Gasteiger partial charge in [-0.25, -0.2) is 18.6 Å². The lowest BCUT2D eigenvalue weighted by Gasteiger charge is -2.06. The first-order valence-corrected chi connectivity index (χ1v) is 9.11. The Morgan fingerprint density at radius 3 is 2.37 bits per heavy atom. The number of halogens is 3. The second-order valence-corrected chi connectivity index (χ2v) is 7.01. The van der Waals surface area contributed by atoms with Crippen LogP contribution in [-0.4, -0.2) is 24.6 Å². The zero-order valence-corrected chi connectivity index (χ0v) is 15.7. The summed E-state index contributed by atoms with van der Waals surface area (Å²) in [6.07, 6.45) is 4.40. The SMILES string of the molecule is Cc1cc(F)cc(F)c1.O=c1[nH]cc(-c2cc(C3CC3)c3ncc(F)n3n2)c(=O)[nH]1. The lowest BCUT2D eigenvalue weighted by molar-refractivity contribution is 0.549. The molecule has 1 saturated carbocycles. The Bertz CT molecular complexity index is 1300. The molecule has 1 fully saturated rings. The normalized spacial score (nSPS) is 13.2. The number of rotatable bonds is 2. The number of imidazole rings is 1. The molecule has 3 aromatic heterocycles. The fourth-order valence-corrected chi connectivity index (χ4v) is 3.08. The molecule has 4 aromatic rings. The van der Waals surface area contributed by atoms with Crippen LogP contribution in [0.2, 0.25) is 0 Å². The number of aromatic amines is 2. The molecule has 0 amide bonds. The van der Waals surface area contributed by atoms with E-state index >= 15 is 0 Å². The van der Waals surface area contributed by atoms with E-state index in [2.05, 4.69) is 20.1 Å². The molecular weight excluding hydrogens is 399 g/mol. The summed E-state index contributed by atoms with van der Waals surface area (Å²) in [5.41, 5.74) is 1.28. The first kappa shape index (κ1) is 19.6. The standard InChI is InChI=1S/C13H10FN5O2.C7H6F2/c14-10-5-15-11-7(6-1-2-6)3-9(18-19(10)11)8-4-16-13(21)17-12(8)20;1-5-2-6(8)4-7(9)3-5/h3-6H,1-2H2,(H2,16,17,20,21);2-4H,1H3. The van der Waals surface area contributed by atoms with E-state index in [-0.39, 0.29) is 5.56 Å². The average molecular weight is 415 g/mol. The summed E-state index contributed by atoms with van der Waals surface area (Å²) in [6, 6.07) is 5.15. The van der Waals surface area contributed by atoms with Crippen LogP contribution < -0.4 is 11.2 Å². The van der Waals surface area contributed by atoms with Gasteiger partial charge in [0.1, 0.15) is 11.6 Å². The van der Waals surface area contributed by atoms with Crippen molar-refractivity contribution in [3.63, 3.8) is 0 Å². The third-order valence-electron chi connectivity index (χ3n) is 4.57. The molecule has 1 aliphatic rings. The predicted molar refractivity (Wildman–Crippen MR) is 103 cm³/mol. The fraction of sp³-hybridized carbons (Fsp3) is 0.200. The molecular formula is C20H16F3N5O2. The van der Waals surface area contributed by atoms with Gasteiger partial charge in [0.25, 0.3) is 5.56 Å². The van der Waals surface area contributed by atoms with E-state index in [1.165, 1.54) is 18.3 Å². The minimum Gasteiger partial charge on any atom is -0.313 e. The molecule has 0 radical (unpaired) electrons. The van der Waals surface area contributed by atoms with Crippen molar-refractivity contribution in [3.05, 3.63) is 86.2 Å². The molecule has 0 unspecified atom stereocenters. The van der Waals surface area contributed by atoms with E-state index < -0.39 is 28.8 Å². The number of H-pyrrole nitrogens is 2. The van der Waals surface area contributed by atoms with Crippen LogP contribution in [0.5, 0.6) is 0 Å². The molecule has 0 saturated heterocycles. The summed E-state index contributed by atoms with van der Waals surface area (Å²) in [5, 5.41) is 4.10. The Labute approximate surface area is 167 Å². The number of aromatic nitrogens is 5. The minimum absolute atomic E-state index is 0.187. The zero-order valence-electron chi connectivity index (χ0n) is 15.7. The van der Waals surface area contributed by atoms with Crippen molar-refractivity contribution < 1.29 is 13.2 Å². The maximum Gasteiger partial charge on any atom is 0.325 e. The number of aryl methyl sites for hydroxylation is 1. The Morgan fingerprint density at radius 2 is 1.77 bits per heavy atom. The highest BCUT2D eigenvalue weighted by molar-refractivity contribution is 5.62. The molecule has 0 aliphatic heterocycles. The fourth-order valence-electron chi connectivity index (χ4n) is 3.08. The lowest BCUT2D eigenvalue weighted by Crippen LogP contribution is -2.23. The molecule has 1 aliphatic carbocycles. The van der Waals surface area contributed by atoms with Crippen molar-refractivity contribution in [3.8, 4) is 11.3 Å². The predicted octanol–water partition coefficient (Wildman–Crippen LogP) is 3.06. The molecule has 154 valence electrons. The number of hydrogen-bond donors (Lipinski definition) is 2. The van der Waals surface area contributed by atoms with Crippen molar-refractivity contribution >= 4 is 5.65 Å². The summed E-state index contributed by atoms with van der Waals surface area (Å²) in [5.74, 6) is -1.31. The average Bonchev–Trinajstić information content (AvgIpc) is 3.44. The van der Waals surface area contributed by atoms with Gasteiger partial charge in [0.05, 0.1) is 17.5 Å². The van der Waals surface area contributed by atoms with Crippen LogP contribution in [0.1, 0.15) is 29.9 Å². The molecule has 0 spiro atoms. The molecule has 7 nitrogen and oxygen atoms in total. The summed E-state index contributed by atoms with van der Waals surface area (Å²) in [6.45, 7) is 1.64. The lowest BCUT2D eigenvalue weighted by atomic mass is 10.1. The van der Waals surface area contributed by atoms with E-state index in [9.17, 15) is 22.8 Å². The molecule has 1 aromatic carbocycles. The van der Waals surface area contributed by atoms with E-state index in [1.54, 1.807) is 13.0 Å². The topological polar surface area (TPSA) is 95.9 Å². The van der Waals surface area contributed by atoms with E-state index in [4.69, 9.17) is 0 Å². The van der Waals surface area contributed by atoms with Gasteiger partial charge in [-0.3, -0.25) is 9.78 Å². The van der Waals surface area contributed by atoms with Crippen LogP contribution in [0.15, 0.2) is 46.2 Å². The highest BCUT2D eigenvalue weighted by Gasteiger charge is 2.28. The maximum absolute atomic E-state index is 13.8. The van der Waals surface area contributed by atoms with E-state index in [1.807, 2.05) is 0 Å². The van der Waals surface area contributed by atoms with Gasteiger partial charge in [-0.15, -0.1) is 0 Å². The number of benzene rings is 1. The van der Waals surface area contributed by atoms with Gasteiger partial charge >= 0.3 is 5.69 Å². The Kier molecular flexibility index (Phi) is 4.98. The summed E-state index contributed by atoms with van der Waals surface area (Å²) >= 11 is 0. The number of nitrogens with one attached hydrogen (secondary N) is 2. The largest absolute Gasteiger partial charge is 0.325 e. The monoisotopic (exact) mass is 415 g/mol. The van der Waals surface area contributed by atoms with Gasteiger partial charge in [-0.1, -0.05) is 0 Å². The molecule has 30 heavy (non-hydrogen) atoms. The Morgan fingerprint density at radius 1 is 1.07 bits per heavy atom. The Hall–Kier alpha value is -3.69. The summed E-state index contributed by atoms with van der Waals surface area (Å²) in [4.78, 5) is 31.5. The van der Waals surface area contributed by atoms with E-state index in [0.717, 1.165) is 35.2 Å². The van der Waals surface area contributed by atoms with Crippen LogP contribution in [0.3, 0.4) is 0 Å². The molecule has 10 heteroatoms. The molecule has 2 N–H and O–H groups in total. The third-order valence-corrected chi connectivity index (χ3v) is 4.57. The summed E-state index contributed by atoms with van der Waals surface area (Å²) < 4.78 is 39.2. The second-order valence-electron chi connectivity index (χ2n) is 7.01.